The number of rotatable bonds is 3. The first-order valence-electron chi connectivity index (χ1n) is 6.77. The van der Waals surface area contributed by atoms with Crippen molar-refractivity contribution in [2.24, 2.45) is 0 Å². The molecule has 2 aromatic carbocycles. The monoisotopic (exact) mass is 342 g/mol. The zero-order valence-electron chi connectivity index (χ0n) is 11.6. The molecule has 106 valence electrons. The molecule has 0 aliphatic heterocycles. The fraction of sp³-hybridized carbons (Fsp3) is 0.118. The Morgan fingerprint density at radius 2 is 1.95 bits per heavy atom. The Balaban J connectivity index is 1.87. The summed E-state index contributed by atoms with van der Waals surface area (Å²) in [4.78, 5) is 15.2. The van der Waals surface area contributed by atoms with E-state index in [4.69, 9.17) is 0 Å². The van der Waals surface area contributed by atoms with E-state index >= 15 is 0 Å². The number of carbonyl (C=O) groups excluding carboxylic acids is 1. The molecule has 0 saturated carbocycles. The summed E-state index contributed by atoms with van der Waals surface area (Å²) in [6.45, 7) is 2.00. The van der Waals surface area contributed by atoms with Crippen molar-refractivity contribution in [2.75, 3.05) is 0 Å². The Morgan fingerprint density at radius 1 is 1.19 bits per heavy atom. The number of benzene rings is 2. The SMILES string of the molecule is CC(NC(=O)c1cc(Br)c[nH]1)c1cccc2ccccc12. The van der Waals surface area contributed by atoms with Gasteiger partial charge >= 0.3 is 0 Å². The minimum absolute atomic E-state index is 0.0642. The van der Waals surface area contributed by atoms with E-state index in [2.05, 4.69) is 50.5 Å². The number of hydrogen-bond donors (Lipinski definition) is 2. The number of amides is 1. The van der Waals surface area contributed by atoms with Gasteiger partial charge in [-0.3, -0.25) is 4.79 Å². The van der Waals surface area contributed by atoms with E-state index in [9.17, 15) is 4.79 Å². The van der Waals surface area contributed by atoms with E-state index in [1.807, 2.05) is 25.1 Å². The highest BCUT2D eigenvalue weighted by molar-refractivity contribution is 9.10. The van der Waals surface area contributed by atoms with E-state index in [1.54, 1.807) is 12.3 Å². The van der Waals surface area contributed by atoms with Gasteiger partial charge in [0.15, 0.2) is 0 Å². The van der Waals surface area contributed by atoms with E-state index < -0.39 is 0 Å². The molecule has 0 spiro atoms. The lowest BCUT2D eigenvalue weighted by Crippen LogP contribution is -2.27. The zero-order valence-corrected chi connectivity index (χ0v) is 13.1. The van der Waals surface area contributed by atoms with Crippen LogP contribution in [0.5, 0.6) is 0 Å². The van der Waals surface area contributed by atoms with Crippen molar-refractivity contribution in [3.8, 4) is 0 Å². The van der Waals surface area contributed by atoms with Gasteiger partial charge in [0.1, 0.15) is 5.69 Å². The Bertz CT molecular complexity index is 789. The summed E-state index contributed by atoms with van der Waals surface area (Å²) >= 11 is 3.33. The van der Waals surface area contributed by atoms with Gasteiger partial charge in [-0.1, -0.05) is 42.5 Å². The molecule has 3 aromatic rings. The van der Waals surface area contributed by atoms with Gasteiger partial charge in [0.05, 0.1) is 6.04 Å². The second-order valence-corrected chi connectivity index (χ2v) is 5.91. The minimum Gasteiger partial charge on any atom is -0.356 e. The summed E-state index contributed by atoms with van der Waals surface area (Å²) in [7, 11) is 0. The van der Waals surface area contributed by atoms with Crippen LogP contribution in [-0.4, -0.2) is 10.9 Å². The molecule has 0 saturated heterocycles. The van der Waals surface area contributed by atoms with Gasteiger partial charge in [-0.25, -0.2) is 0 Å². The zero-order chi connectivity index (χ0) is 14.8. The van der Waals surface area contributed by atoms with Crippen molar-refractivity contribution in [1.29, 1.82) is 0 Å². The third kappa shape index (κ3) is 2.85. The number of halogens is 1. The highest BCUT2D eigenvalue weighted by Gasteiger charge is 2.14. The maximum atomic E-state index is 12.2. The molecular formula is C17H15BrN2O. The standard InChI is InChI=1S/C17H15BrN2O/c1-11(20-17(21)16-9-13(18)10-19-16)14-8-4-6-12-5-2-3-7-15(12)14/h2-11,19H,1H3,(H,20,21). The molecule has 1 atom stereocenters. The van der Waals surface area contributed by atoms with Gasteiger partial charge in [0, 0.05) is 10.7 Å². The molecule has 0 aliphatic rings. The van der Waals surface area contributed by atoms with E-state index in [0.717, 1.165) is 10.0 Å². The van der Waals surface area contributed by atoms with E-state index in [0.29, 0.717) is 5.69 Å². The molecule has 3 nitrogen and oxygen atoms in total. The lowest BCUT2D eigenvalue weighted by atomic mass is 9.99. The highest BCUT2D eigenvalue weighted by atomic mass is 79.9. The van der Waals surface area contributed by atoms with Gasteiger partial charge in [0.25, 0.3) is 5.91 Å². The van der Waals surface area contributed by atoms with Crippen LogP contribution in [0, 0.1) is 0 Å². The second kappa shape index (κ2) is 5.74. The van der Waals surface area contributed by atoms with Crippen molar-refractivity contribution in [2.45, 2.75) is 13.0 Å². The van der Waals surface area contributed by atoms with Gasteiger partial charge in [-0.2, -0.15) is 0 Å². The number of nitrogens with one attached hydrogen (secondary N) is 2. The van der Waals surface area contributed by atoms with Crippen LogP contribution >= 0.6 is 15.9 Å². The van der Waals surface area contributed by atoms with Crippen LogP contribution in [0.3, 0.4) is 0 Å². The first kappa shape index (κ1) is 13.9. The molecule has 3 rings (SSSR count). The third-order valence-corrected chi connectivity index (χ3v) is 3.99. The van der Waals surface area contributed by atoms with Crippen LogP contribution in [0.4, 0.5) is 0 Å². The molecule has 1 amide bonds. The molecule has 4 heteroatoms. The number of aromatic amines is 1. The third-order valence-electron chi connectivity index (χ3n) is 3.53. The van der Waals surface area contributed by atoms with Crippen molar-refractivity contribution in [3.05, 3.63) is 70.5 Å². The van der Waals surface area contributed by atoms with Crippen LogP contribution in [0.15, 0.2) is 59.2 Å². The number of aromatic nitrogens is 1. The molecule has 0 bridgehead atoms. The second-order valence-electron chi connectivity index (χ2n) is 5.00. The van der Waals surface area contributed by atoms with Gasteiger partial charge in [-0.15, -0.1) is 0 Å². The van der Waals surface area contributed by atoms with Crippen molar-refractivity contribution >= 4 is 32.6 Å². The largest absolute Gasteiger partial charge is 0.356 e. The van der Waals surface area contributed by atoms with Crippen LogP contribution < -0.4 is 5.32 Å². The molecular weight excluding hydrogens is 328 g/mol. The van der Waals surface area contributed by atoms with Gasteiger partial charge in [-0.05, 0) is 45.3 Å². The number of H-pyrrole nitrogens is 1. The minimum atomic E-state index is -0.110. The Hall–Kier alpha value is -2.07. The van der Waals surface area contributed by atoms with Crippen molar-refractivity contribution in [1.82, 2.24) is 10.3 Å². The lowest BCUT2D eigenvalue weighted by molar-refractivity contribution is 0.0935. The summed E-state index contributed by atoms with van der Waals surface area (Å²) in [5, 5.41) is 5.37. The van der Waals surface area contributed by atoms with E-state index in [1.165, 1.54) is 10.8 Å². The first-order chi connectivity index (χ1) is 10.1. The maximum absolute atomic E-state index is 12.2. The van der Waals surface area contributed by atoms with Crippen LogP contribution in [0.1, 0.15) is 29.0 Å². The fourth-order valence-electron chi connectivity index (χ4n) is 2.48. The predicted molar refractivity (Wildman–Crippen MR) is 88.3 cm³/mol. The molecule has 0 radical (unpaired) electrons. The summed E-state index contributed by atoms with van der Waals surface area (Å²) < 4.78 is 0.866. The first-order valence-corrected chi connectivity index (χ1v) is 7.57. The Kier molecular flexibility index (Phi) is 3.80. The van der Waals surface area contributed by atoms with Gasteiger partial charge < -0.3 is 10.3 Å². The highest BCUT2D eigenvalue weighted by Crippen LogP contribution is 2.24. The molecule has 1 heterocycles. The molecule has 1 unspecified atom stereocenters. The molecule has 0 aliphatic carbocycles. The van der Waals surface area contributed by atoms with E-state index in [-0.39, 0.29) is 11.9 Å². The summed E-state index contributed by atoms with van der Waals surface area (Å²) in [5.41, 5.74) is 1.67. The Labute approximate surface area is 131 Å². The molecule has 1 aromatic heterocycles. The smallest absolute Gasteiger partial charge is 0.268 e. The summed E-state index contributed by atoms with van der Waals surface area (Å²) in [5.74, 6) is -0.110. The number of fused-ring (bicyclic) bond motifs is 1. The molecule has 2 N–H and O–H groups in total. The average Bonchev–Trinajstić information content (AvgIpc) is 2.93. The van der Waals surface area contributed by atoms with Crippen LogP contribution in [0.25, 0.3) is 10.8 Å². The quantitative estimate of drug-likeness (QED) is 0.726. The van der Waals surface area contributed by atoms with Crippen molar-refractivity contribution in [3.63, 3.8) is 0 Å². The average molecular weight is 343 g/mol. The predicted octanol–water partition coefficient (Wildman–Crippen LogP) is 4.42. The van der Waals surface area contributed by atoms with Crippen LogP contribution in [-0.2, 0) is 0 Å². The van der Waals surface area contributed by atoms with Crippen molar-refractivity contribution < 1.29 is 4.79 Å². The molecule has 0 fully saturated rings. The maximum Gasteiger partial charge on any atom is 0.268 e. The Morgan fingerprint density at radius 3 is 2.71 bits per heavy atom. The lowest BCUT2D eigenvalue weighted by Gasteiger charge is -2.16. The summed E-state index contributed by atoms with van der Waals surface area (Å²) in [6, 6.07) is 16.1. The topological polar surface area (TPSA) is 44.9 Å². The number of carbonyl (C=O) groups is 1. The summed E-state index contributed by atoms with van der Waals surface area (Å²) in [6.07, 6.45) is 1.75. The fourth-order valence-corrected chi connectivity index (χ4v) is 2.82. The normalized spacial score (nSPS) is 12.3. The molecule has 21 heavy (non-hydrogen) atoms. The van der Waals surface area contributed by atoms with Gasteiger partial charge in [0.2, 0.25) is 0 Å². The van der Waals surface area contributed by atoms with Crippen LogP contribution in [0.2, 0.25) is 0 Å². The number of hydrogen-bond acceptors (Lipinski definition) is 1.